The Kier molecular flexibility index (Phi) is 6.56. The largest absolute Gasteiger partial charge is 0.353 e. The molecule has 0 aliphatic carbocycles. The third kappa shape index (κ3) is 5.24. The molecule has 0 bridgehead atoms. The number of amides is 2. The van der Waals surface area contributed by atoms with Crippen LogP contribution < -0.4 is 16.6 Å². The van der Waals surface area contributed by atoms with Crippen molar-refractivity contribution in [3.05, 3.63) is 16.1 Å². The molecule has 1 aromatic heterocycles. The van der Waals surface area contributed by atoms with Gasteiger partial charge in [-0.3, -0.25) is 19.9 Å². The summed E-state index contributed by atoms with van der Waals surface area (Å²) in [5.74, 6) is 4.64. The first-order valence-corrected chi connectivity index (χ1v) is 7.31. The van der Waals surface area contributed by atoms with Gasteiger partial charge in [-0.05, 0) is 20.4 Å². The first-order chi connectivity index (χ1) is 9.46. The summed E-state index contributed by atoms with van der Waals surface area (Å²) in [6, 6.07) is 0.125. The molecule has 112 valence electrons. The van der Waals surface area contributed by atoms with Gasteiger partial charge in [0.1, 0.15) is 0 Å². The molecule has 0 aliphatic heterocycles. The van der Waals surface area contributed by atoms with Crippen LogP contribution in [0, 0.1) is 0 Å². The summed E-state index contributed by atoms with van der Waals surface area (Å²) in [7, 11) is 0. The summed E-state index contributed by atoms with van der Waals surface area (Å²) in [6.07, 6.45) is 0. The Morgan fingerprint density at radius 1 is 1.50 bits per heavy atom. The lowest BCUT2D eigenvalue weighted by Crippen LogP contribution is -2.39. The molecule has 1 rings (SSSR count). The Morgan fingerprint density at radius 2 is 2.20 bits per heavy atom. The predicted octanol–water partition coefficient (Wildman–Crippen LogP) is 0.0931. The molecule has 0 aliphatic rings. The molecule has 0 aromatic carbocycles. The molecule has 0 atom stereocenters. The molecule has 1 heterocycles. The van der Waals surface area contributed by atoms with Gasteiger partial charge in [0.25, 0.3) is 5.91 Å². The summed E-state index contributed by atoms with van der Waals surface area (Å²) in [6.45, 7) is 7.38. The second-order valence-electron chi connectivity index (χ2n) is 4.64. The third-order valence-electron chi connectivity index (χ3n) is 2.53. The van der Waals surface area contributed by atoms with Crippen molar-refractivity contribution >= 4 is 23.2 Å². The minimum atomic E-state index is -0.401. The maximum Gasteiger partial charge on any atom is 0.294 e. The number of likely N-dealkylation sites (N-methyl/N-ethyl adjacent to an activating group) is 1. The molecule has 0 saturated heterocycles. The number of aromatic nitrogens is 1. The number of hydrogen-bond acceptors (Lipinski definition) is 6. The van der Waals surface area contributed by atoms with Gasteiger partial charge in [0, 0.05) is 18.0 Å². The SMILES string of the molecule is CCN(CC(=O)NC(C)C)Cc1csc(C(=O)NN)n1. The van der Waals surface area contributed by atoms with Crippen LogP contribution in [0.15, 0.2) is 5.38 Å². The van der Waals surface area contributed by atoms with E-state index < -0.39 is 5.91 Å². The number of carbonyl (C=O) groups is 2. The number of nitrogens with two attached hydrogens (primary N) is 1. The molecule has 20 heavy (non-hydrogen) atoms. The summed E-state index contributed by atoms with van der Waals surface area (Å²) in [4.78, 5) is 29.2. The van der Waals surface area contributed by atoms with Crippen molar-refractivity contribution in [1.82, 2.24) is 20.6 Å². The standard InChI is InChI=1S/C12H21N5O2S/c1-4-17(6-10(18)14-8(2)3)5-9-7-20-12(15-9)11(19)16-13/h7-8H,4-6,13H2,1-3H3,(H,14,18)(H,16,19). The maximum atomic E-state index is 11.7. The van der Waals surface area contributed by atoms with Crippen LogP contribution in [0.25, 0.3) is 0 Å². The number of thiazole rings is 1. The summed E-state index contributed by atoms with van der Waals surface area (Å²) >= 11 is 1.23. The zero-order valence-electron chi connectivity index (χ0n) is 12.0. The van der Waals surface area contributed by atoms with Crippen LogP contribution in [0.5, 0.6) is 0 Å². The normalized spacial score (nSPS) is 10.9. The molecule has 0 spiro atoms. The predicted molar refractivity (Wildman–Crippen MR) is 78.0 cm³/mol. The number of rotatable bonds is 7. The van der Waals surface area contributed by atoms with Crippen LogP contribution in [-0.4, -0.2) is 40.8 Å². The molecule has 0 saturated carbocycles. The highest BCUT2D eigenvalue weighted by molar-refractivity contribution is 7.11. The fourth-order valence-corrected chi connectivity index (χ4v) is 2.34. The molecule has 1 aromatic rings. The molecular weight excluding hydrogens is 278 g/mol. The molecular formula is C12H21N5O2S. The minimum Gasteiger partial charge on any atom is -0.353 e. The highest BCUT2D eigenvalue weighted by Gasteiger charge is 2.14. The molecule has 2 amide bonds. The third-order valence-corrected chi connectivity index (χ3v) is 3.42. The lowest BCUT2D eigenvalue weighted by molar-refractivity contribution is -0.122. The summed E-state index contributed by atoms with van der Waals surface area (Å²) in [5.41, 5.74) is 2.80. The maximum absolute atomic E-state index is 11.7. The number of hydrazine groups is 1. The minimum absolute atomic E-state index is 0.0167. The van der Waals surface area contributed by atoms with E-state index in [-0.39, 0.29) is 11.9 Å². The second-order valence-corrected chi connectivity index (χ2v) is 5.50. The van der Waals surface area contributed by atoms with Crippen LogP contribution in [0.4, 0.5) is 0 Å². The highest BCUT2D eigenvalue weighted by atomic mass is 32.1. The van der Waals surface area contributed by atoms with Gasteiger partial charge in [-0.15, -0.1) is 11.3 Å². The first kappa shape index (κ1) is 16.5. The van der Waals surface area contributed by atoms with Gasteiger partial charge in [-0.25, -0.2) is 10.8 Å². The van der Waals surface area contributed by atoms with Crippen LogP contribution in [-0.2, 0) is 11.3 Å². The van der Waals surface area contributed by atoms with E-state index in [1.165, 1.54) is 11.3 Å². The average molecular weight is 299 g/mol. The van der Waals surface area contributed by atoms with Crippen LogP contribution in [0.2, 0.25) is 0 Å². The highest BCUT2D eigenvalue weighted by Crippen LogP contribution is 2.11. The van der Waals surface area contributed by atoms with Crippen LogP contribution in [0.1, 0.15) is 36.3 Å². The van der Waals surface area contributed by atoms with E-state index in [2.05, 4.69) is 10.3 Å². The zero-order chi connectivity index (χ0) is 15.1. The van der Waals surface area contributed by atoms with Crippen LogP contribution in [0.3, 0.4) is 0 Å². The van der Waals surface area contributed by atoms with Gasteiger partial charge in [-0.2, -0.15) is 0 Å². The van der Waals surface area contributed by atoms with E-state index in [4.69, 9.17) is 5.84 Å². The van der Waals surface area contributed by atoms with Crippen LogP contribution >= 0.6 is 11.3 Å². The average Bonchev–Trinajstić information content (AvgIpc) is 2.84. The van der Waals surface area contributed by atoms with Crippen molar-refractivity contribution < 1.29 is 9.59 Å². The van der Waals surface area contributed by atoms with E-state index in [9.17, 15) is 9.59 Å². The molecule has 7 nitrogen and oxygen atoms in total. The van der Waals surface area contributed by atoms with Gasteiger partial charge in [0.2, 0.25) is 5.91 Å². The number of hydrogen-bond donors (Lipinski definition) is 3. The number of nitrogens with one attached hydrogen (secondary N) is 2. The summed E-state index contributed by atoms with van der Waals surface area (Å²) < 4.78 is 0. The van der Waals surface area contributed by atoms with Crippen molar-refractivity contribution in [3.8, 4) is 0 Å². The number of nitrogens with zero attached hydrogens (tertiary/aromatic N) is 2. The van der Waals surface area contributed by atoms with Crippen molar-refractivity contribution in [2.45, 2.75) is 33.4 Å². The Hall–Kier alpha value is -1.51. The quantitative estimate of drug-likeness (QED) is 0.376. The van der Waals surface area contributed by atoms with Crippen molar-refractivity contribution in [1.29, 1.82) is 0 Å². The van der Waals surface area contributed by atoms with E-state index in [1.54, 1.807) is 5.38 Å². The molecule has 0 fully saturated rings. The first-order valence-electron chi connectivity index (χ1n) is 6.43. The van der Waals surface area contributed by atoms with Gasteiger partial charge in [0.05, 0.1) is 12.2 Å². The Morgan fingerprint density at radius 3 is 2.75 bits per heavy atom. The van der Waals surface area contributed by atoms with E-state index in [1.807, 2.05) is 31.1 Å². The fourth-order valence-electron chi connectivity index (χ4n) is 1.62. The zero-order valence-corrected chi connectivity index (χ0v) is 12.8. The lowest BCUT2D eigenvalue weighted by atomic mass is 10.3. The smallest absolute Gasteiger partial charge is 0.294 e. The molecule has 8 heteroatoms. The van der Waals surface area contributed by atoms with Crippen molar-refractivity contribution in [2.24, 2.45) is 5.84 Å². The monoisotopic (exact) mass is 299 g/mol. The van der Waals surface area contributed by atoms with Gasteiger partial charge in [-0.1, -0.05) is 6.92 Å². The molecule has 0 unspecified atom stereocenters. The Bertz CT molecular complexity index is 460. The molecule has 0 radical (unpaired) electrons. The topological polar surface area (TPSA) is 100 Å². The lowest BCUT2D eigenvalue weighted by Gasteiger charge is -2.19. The number of nitrogen functional groups attached to an aromatic ring is 1. The van der Waals surface area contributed by atoms with Gasteiger partial charge >= 0.3 is 0 Å². The van der Waals surface area contributed by atoms with E-state index >= 15 is 0 Å². The Labute approximate surface area is 122 Å². The van der Waals surface area contributed by atoms with Gasteiger partial charge < -0.3 is 5.32 Å². The van der Waals surface area contributed by atoms with E-state index in [0.717, 1.165) is 12.2 Å². The Balaban J connectivity index is 2.57. The van der Waals surface area contributed by atoms with Crippen molar-refractivity contribution in [2.75, 3.05) is 13.1 Å². The van der Waals surface area contributed by atoms with E-state index in [0.29, 0.717) is 18.1 Å². The van der Waals surface area contributed by atoms with Gasteiger partial charge in [0.15, 0.2) is 5.01 Å². The second kappa shape index (κ2) is 7.93. The summed E-state index contributed by atoms with van der Waals surface area (Å²) in [5, 5.41) is 4.97. The fraction of sp³-hybridized carbons (Fsp3) is 0.583. The van der Waals surface area contributed by atoms with Crippen molar-refractivity contribution in [3.63, 3.8) is 0 Å². The number of carbonyl (C=O) groups excluding carboxylic acids is 2. The molecule has 4 N–H and O–H groups in total.